The maximum atomic E-state index is 5.10. The molecule has 2 aliphatic carbocycles. The topological polar surface area (TPSA) is 30.7 Å². The summed E-state index contributed by atoms with van der Waals surface area (Å²) in [5.41, 5.74) is 16.8. The number of hydrogen-bond donors (Lipinski definition) is 0. The molecule has 2 aromatic heterocycles. The molecule has 0 radical (unpaired) electrons. The molecule has 0 atom stereocenters. The van der Waals surface area contributed by atoms with Crippen LogP contribution in [0.25, 0.3) is 89.4 Å². The van der Waals surface area contributed by atoms with E-state index >= 15 is 0 Å². The Hall–Kier alpha value is -6.58. The molecule has 53 heavy (non-hydrogen) atoms. The summed E-state index contributed by atoms with van der Waals surface area (Å²) in [7, 11) is 0. The minimum Gasteiger partial charge on any atom is -0.309 e. The first-order valence-corrected chi connectivity index (χ1v) is 18.5. The second-order valence-electron chi connectivity index (χ2n) is 14.9. The third kappa shape index (κ3) is 4.41. The quantitative estimate of drug-likeness (QED) is 0.186. The molecular formula is C50H35N3. The molecule has 3 nitrogen and oxygen atoms in total. The van der Waals surface area contributed by atoms with E-state index in [0.29, 0.717) is 0 Å². The van der Waals surface area contributed by atoms with Gasteiger partial charge in [-0.2, -0.15) is 0 Å². The van der Waals surface area contributed by atoms with Crippen LogP contribution in [0.2, 0.25) is 0 Å². The van der Waals surface area contributed by atoms with Crippen molar-refractivity contribution in [1.82, 2.24) is 14.5 Å². The van der Waals surface area contributed by atoms with Gasteiger partial charge in [0.2, 0.25) is 0 Å². The number of aromatic nitrogens is 3. The van der Waals surface area contributed by atoms with Crippen LogP contribution in [0.3, 0.4) is 0 Å². The van der Waals surface area contributed by atoms with Crippen LogP contribution in [0.15, 0.2) is 158 Å². The largest absolute Gasteiger partial charge is 0.309 e. The Morgan fingerprint density at radius 2 is 1.23 bits per heavy atom. The first kappa shape index (κ1) is 30.1. The lowest BCUT2D eigenvalue weighted by atomic mass is 9.78. The molecule has 2 heterocycles. The van der Waals surface area contributed by atoms with Crippen molar-refractivity contribution in [3.05, 3.63) is 180 Å². The van der Waals surface area contributed by atoms with Crippen LogP contribution in [0.5, 0.6) is 0 Å². The fourth-order valence-electron chi connectivity index (χ4n) is 9.19. The van der Waals surface area contributed by atoms with Gasteiger partial charge in [0, 0.05) is 44.1 Å². The summed E-state index contributed by atoms with van der Waals surface area (Å²) in [5.74, 6) is 0.722. The smallest absolute Gasteiger partial charge is 0.160 e. The predicted molar refractivity (Wildman–Crippen MR) is 220 cm³/mol. The fourth-order valence-corrected chi connectivity index (χ4v) is 9.19. The van der Waals surface area contributed by atoms with Crippen LogP contribution in [0, 0.1) is 0 Å². The Balaban J connectivity index is 1.12. The van der Waals surface area contributed by atoms with Gasteiger partial charge in [-0.05, 0) is 81.4 Å². The zero-order chi connectivity index (χ0) is 35.3. The van der Waals surface area contributed by atoms with Gasteiger partial charge in [-0.1, -0.05) is 141 Å². The van der Waals surface area contributed by atoms with Gasteiger partial charge in [0.25, 0.3) is 0 Å². The molecule has 0 spiro atoms. The average Bonchev–Trinajstić information content (AvgIpc) is 3.67. The fraction of sp³-hybridized carbons (Fsp3) is 0.0800. The van der Waals surface area contributed by atoms with Crippen molar-refractivity contribution in [3.8, 4) is 50.7 Å². The number of fused-ring (bicyclic) bond motifs is 8. The molecule has 0 saturated heterocycles. The van der Waals surface area contributed by atoms with E-state index in [1.807, 2.05) is 24.3 Å². The maximum Gasteiger partial charge on any atom is 0.160 e. The Kier molecular flexibility index (Phi) is 6.36. The van der Waals surface area contributed by atoms with Crippen LogP contribution < -0.4 is 0 Å². The maximum absolute atomic E-state index is 5.10. The number of allylic oxidation sites excluding steroid dienone is 1. The number of rotatable bonds is 4. The van der Waals surface area contributed by atoms with Crippen molar-refractivity contribution in [2.24, 2.45) is 0 Å². The molecule has 3 heteroatoms. The molecule has 0 bridgehead atoms. The van der Waals surface area contributed by atoms with Crippen LogP contribution in [0.1, 0.15) is 36.1 Å². The minimum atomic E-state index is -0.0908. The number of hydrogen-bond acceptors (Lipinski definition) is 2. The highest BCUT2D eigenvalue weighted by atomic mass is 15.0. The third-order valence-electron chi connectivity index (χ3n) is 11.6. The van der Waals surface area contributed by atoms with Gasteiger partial charge >= 0.3 is 0 Å². The van der Waals surface area contributed by atoms with E-state index in [0.717, 1.165) is 46.0 Å². The predicted octanol–water partition coefficient (Wildman–Crippen LogP) is 12.6. The molecule has 0 saturated carbocycles. The molecular weight excluding hydrogens is 643 g/mol. The summed E-state index contributed by atoms with van der Waals surface area (Å²) in [4.78, 5) is 10.1. The second-order valence-corrected chi connectivity index (χ2v) is 14.9. The Morgan fingerprint density at radius 1 is 0.566 bits per heavy atom. The van der Waals surface area contributed by atoms with Gasteiger partial charge in [0.1, 0.15) is 0 Å². The average molecular weight is 678 g/mol. The van der Waals surface area contributed by atoms with Crippen molar-refractivity contribution in [2.75, 3.05) is 0 Å². The van der Waals surface area contributed by atoms with Crippen molar-refractivity contribution < 1.29 is 0 Å². The van der Waals surface area contributed by atoms with Crippen molar-refractivity contribution in [3.63, 3.8) is 0 Å². The second kappa shape index (κ2) is 11.2. The first-order valence-electron chi connectivity index (χ1n) is 18.5. The number of benzene rings is 7. The summed E-state index contributed by atoms with van der Waals surface area (Å²) in [6.45, 7) is 4.80. The third-order valence-corrected chi connectivity index (χ3v) is 11.6. The molecule has 11 rings (SSSR count). The molecule has 2 aliphatic rings. The summed E-state index contributed by atoms with van der Waals surface area (Å²) in [6, 6.07) is 54.5. The Bertz CT molecular complexity index is 2910. The monoisotopic (exact) mass is 677 g/mol. The molecule has 0 N–H and O–H groups in total. The lowest BCUT2D eigenvalue weighted by Gasteiger charge is -2.26. The van der Waals surface area contributed by atoms with E-state index in [4.69, 9.17) is 9.97 Å². The summed E-state index contributed by atoms with van der Waals surface area (Å²) >= 11 is 0. The standard InChI is InChI=1S/C50H35N3/c1-50(2)42-22-11-9-19-36(42)39-28-34-18-13-21-38-46(34)41(47(39)50)29-40-37-20-10-12-23-45(37)53(48(38)40)35-26-24-32(25-27-35)44-30-43(31-14-5-3-6-15-31)51-49(52-44)33-16-7-4-8-17-33/h3-17,19-30H,18H2,1-2H3. The van der Waals surface area contributed by atoms with Crippen molar-refractivity contribution in [1.29, 1.82) is 0 Å². The number of nitrogens with zero attached hydrogens (tertiary/aromatic N) is 3. The SMILES string of the molecule is CC1(C)c2ccccc2-c2cc3c4c(c5c(cc4c21)c1ccccc1n5-c1ccc(-c2cc(-c4ccccc4)nc(-c4ccccc4)n2)cc1)C=CC3. The lowest BCUT2D eigenvalue weighted by molar-refractivity contribution is 0.666. The molecule has 7 aromatic carbocycles. The van der Waals surface area contributed by atoms with Gasteiger partial charge < -0.3 is 4.57 Å². The van der Waals surface area contributed by atoms with Gasteiger partial charge in [-0.3, -0.25) is 0 Å². The van der Waals surface area contributed by atoms with Crippen LogP contribution in [-0.2, 0) is 11.8 Å². The Labute approximate surface area is 308 Å². The highest BCUT2D eigenvalue weighted by Crippen LogP contribution is 2.54. The van der Waals surface area contributed by atoms with E-state index < -0.39 is 0 Å². The van der Waals surface area contributed by atoms with E-state index in [-0.39, 0.29) is 5.41 Å². The van der Waals surface area contributed by atoms with Crippen LogP contribution in [-0.4, -0.2) is 14.5 Å². The summed E-state index contributed by atoms with van der Waals surface area (Å²) < 4.78 is 2.47. The lowest BCUT2D eigenvalue weighted by Crippen LogP contribution is -2.16. The molecule has 0 unspecified atom stereocenters. The van der Waals surface area contributed by atoms with Gasteiger partial charge in [-0.15, -0.1) is 0 Å². The first-order chi connectivity index (χ1) is 26.0. The Morgan fingerprint density at radius 3 is 2.00 bits per heavy atom. The van der Waals surface area contributed by atoms with Gasteiger partial charge in [0.05, 0.1) is 22.4 Å². The minimum absolute atomic E-state index is 0.0908. The highest BCUT2D eigenvalue weighted by molar-refractivity contribution is 6.20. The van der Waals surface area contributed by atoms with Gasteiger partial charge in [-0.25, -0.2) is 9.97 Å². The zero-order valence-electron chi connectivity index (χ0n) is 29.6. The van der Waals surface area contributed by atoms with Crippen molar-refractivity contribution >= 4 is 38.7 Å². The molecule has 0 aliphatic heterocycles. The summed E-state index contributed by atoms with van der Waals surface area (Å²) in [5, 5.41) is 5.34. The van der Waals surface area contributed by atoms with Crippen LogP contribution in [0.4, 0.5) is 0 Å². The molecule has 0 amide bonds. The molecule has 0 fully saturated rings. The van der Waals surface area contributed by atoms with Crippen molar-refractivity contribution in [2.45, 2.75) is 25.7 Å². The van der Waals surface area contributed by atoms with E-state index in [1.54, 1.807) is 0 Å². The molecule has 250 valence electrons. The highest BCUT2D eigenvalue weighted by Gasteiger charge is 2.38. The normalized spacial score (nSPS) is 13.8. The van der Waals surface area contributed by atoms with E-state index in [1.165, 1.54) is 66.0 Å². The van der Waals surface area contributed by atoms with Gasteiger partial charge in [0.15, 0.2) is 5.82 Å². The van der Waals surface area contributed by atoms with E-state index in [2.05, 4.69) is 158 Å². The molecule has 9 aromatic rings. The number of para-hydroxylation sites is 1. The van der Waals surface area contributed by atoms with Crippen LogP contribution >= 0.6 is 0 Å². The summed E-state index contributed by atoms with van der Waals surface area (Å²) in [6.07, 6.45) is 5.67. The van der Waals surface area contributed by atoms with E-state index in [9.17, 15) is 0 Å². The zero-order valence-corrected chi connectivity index (χ0v) is 29.6.